The van der Waals surface area contributed by atoms with Crippen molar-refractivity contribution in [2.45, 2.75) is 46.5 Å². The third kappa shape index (κ3) is 4.48. The Bertz CT molecular complexity index is 978. The van der Waals surface area contributed by atoms with Gasteiger partial charge in [-0.2, -0.15) is 9.61 Å². The quantitative estimate of drug-likeness (QED) is 0.481. The molecule has 142 valence electrons. The zero-order valence-electron chi connectivity index (χ0n) is 15.6. The Balaban J connectivity index is 1.73. The second-order valence-electron chi connectivity index (χ2n) is 6.29. The molecule has 1 aromatic carbocycles. The number of nitrogens with one attached hydrogen (secondary N) is 2. The predicted octanol–water partition coefficient (Wildman–Crippen LogP) is 3.86. The lowest BCUT2D eigenvalue weighted by Crippen LogP contribution is -2.34. The molecule has 0 aliphatic rings. The highest BCUT2D eigenvalue weighted by molar-refractivity contribution is 7.80. The first kappa shape index (κ1) is 19.4. The van der Waals surface area contributed by atoms with Crippen LogP contribution in [-0.4, -0.2) is 30.8 Å². The van der Waals surface area contributed by atoms with Gasteiger partial charge in [0, 0.05) is 17.7 Å². The van der Waals surface area contributed by atoms with Crippen molar-refractivity contribution >= 4 is 45.2 Å². The average Bonchev–Trinajstić information content (AvgIpc) is 3.19. The van der Waals surface area contributed by atoms with Gasteiger partial charge in [0.15, 0.2) is 10.9 Å². The van der Waals surface area contributed by atoms with Gasteiger partial charge in [-0.1, -0.05) is 43.2 Å². The zero-order chi connectivity index (χ0) is 19.4. The molecule has 0 fully saturated rings. The van der Waals surface area contributed by atoms with E-state index in [-0.39, 0.29) is 5.91 Å². The summed E-state index contributed by atoms with van der Waals surface area (Å²) in [5.41, 5.74) is 2.84. The van der Waals surface area contributed by atoms with Gasteiger partial charge < -0.3 is 10.6 Å². The number of anilines is 1. The largest absolute Gasteiger partial charge is 0.332 e. The number of amides is 1. The number of hydrogen-bond donors (Lipinski definition) is 2. The summed E-state index contributed by atoms with van der Waals surface area (Å²) in [5.74, 6) is 0.699. The molecule has 0 saturated carbocycles. The molecule has 27 heavy (non-hydrogen) atoms. The first-order valence-corrected chi connectivity index (χ1v) is 10.1. The zero-order valence-corrected chi connectivity index (χ0v) is 17.2. The molecule has 2 aromatic heterocycles. The third-order valence-corrected chi connectivity index (χ3v) is 5.36. The van der Waals surface area contributed by atoms with Crippen molar-refractivity contribution in [1.82, 2.24) is 25.1 Å². The van der Waals surface area contributed by atoms with E-state index in [2.05, 4.69) is 32.9 Å². The average molecular weight is 403 g/mol. The van der Waals surface area contributed by atoms with Crippen molar-refractivity contribution in [3.63, 3.8) is 0 Å². The third-order valence-electron chi connectivity index (χ3n) is 4.22. The minimum Gasteiger partial charge on any atom is -0.332 e. The SMILES string of the molecule is CCCCCC(=O)NC(=S)Nc1cccc(-c2nn3c(C)nnc3s2)c1C. The molecule has 0 aliphatic heterocycles. The summed E-state index contributed by atoms with van der Waals surface area (Å²) in [6, 6.07) is 5.87. The number of benzene rings is 1. The highest BCUT2D eigenvalue weighted by Crippen LogP contribution is 2.31. The molecule has 0 saturated heterocycles. The maximum Gasteiger partial charge on any atom is 0.234 e. The van der Waals surface area contributed by atoms with Crippen LogP contribution in [0.5, 0.6) is 0 Å². The Labute approximate surface area is 167 Å². The lowest BCUT2D eigenvalue weighted by molar-refractivity contribution is -0.119. The summed E-state index contributed by atoms with van der Waals surface area (Å²) < 4.78 is 1.74. The fourth-order valence-electron chi connectivity index (χ4n) is 2.70. The number of thiocarbonyl (C=S) groups is 1. The minimum atomic E-state index is -0.0566. The second-order valence-corrected chi connectivity index (χ2v) is 7.65. The van der Waals surface area contributed by atoms with Crippen LogP contribution in [0.4, 0.5) is 5.69 Å². The van der Waals surface area contributed by atoms with Crippen LogP contribution in [0.15, 0.2) is 18.2 Å². The number of unbranched alkanes of at least 4 members (excludes halogenated alkanes) is 2. The van der Waals surface area contributed by atoms with E-state index in [1.54, 1.807) is 4.52 Å². The van der Waals surface area contributed by atoms with Crippen molar-refractivity contribution in [1.29, 1.82) is 0 Å². The van der Waals surface area contributed by atoms with E-state index < -0.39 is 0 Å². The fourth-order valence-corrected chi connectivity index (χ4v) is 3.90. The topological polar surface area (TPSA) is 84.2 Å². The Morgan fingerprint density at radius 3 is 2.81 bits per heavy atom. The smallest absolute Gasteiger partial charge is 0.234 e. The number of rotatable bonds is 6. The molecule has 1 amide bonds. The van der Waals surface area contributed by atoms with E-state index in [0.29, 0.717) is 11.5 Å². The predicted molar refractivity (Wildman–Crippen MR) is 112 cm³/mol. The summed E-state index contributed by atoms with van der Waals surface area (Å²) in [5, 5.41) is 19.8. The van der Waals surface area contributed by atoms with Gasteiger partial charge in [0.05, 0.1) is 0 Å². The van der Waals surface area contributed by atoms with Gasteiger partial charge in [0.2, 0.25) is 10.9 Å². The van der Waals surface area contributed by atoms with E-state index in [4.69, 9.17) is 12.2 Å². The fraction of sp³-hybridized carbons (Fsp3) is 0.389. The Hall–Kier alpha value is -2.39. The highest BCUT2D eigenvalue weighted by Gasteiger charge is 2.14. The van der Waals surface area contributed by atoms with Gasteiger partial charge in [0.25, 0.3) is 0 Å². The minimum absolute atomic E-state index is 0.0566. The maximum absolute atomic E-state index is 11.9. The summed E-state index contributed by atoms with van der Waals surface area (Å²) in [7, 11) is 0. The lowest BCUT2D eigenvalue weighted by Gasteiger charge is -2.13. The van der Waals surface area contributed by atoms with Crippen LogP contribution in [0.1, 0.15) is 44.0 Å². The summed E-state index contributed by atoms with van der Waals surface area (Å²) >= 11 is 6.77. The second kappa shape index (κ2) is 8.53. The van der Waals surface area contributed by atoms with Crippen LogP contribution in [0.2, 0.25) is 0 Å². The standard InChI is InChI=1S/C18H22N6OS2/c1-4-5-6-10-15(25)20-17(26)19-14-9-7-8-13(11(14)2)16-23-24-12(3)21-22-18(24)27-16/h7-9H,4-6,10H2,1-3H3,(H2,19,20,25,26). The number of aryl methyl sites for hydroxylation is 1. The molecule has 0 radical (unpaired) electrons. The Morgan fingerprint density at radius 1 is 1.26 bits per heavy atom. The molecule has 3 rings (SSSR count). The maximum atomic E-state index is 11.9. The van der Waals surface area contributed by atoms with Crippen molar-refractivity contribution in [3.8, 4) is 10.6 Å². The van der Waals surface area contributed by atoms with Gasteiger partial charge >= 0.3 is 0 Å². The molecule has 0 bridgehead atoms. The number of fused-ring (bicyclic) bond motifs is 1. The van der Waals surface area contributed by atoms with E-state index in [1.165, 1.54) is 11.3 Å². The summed E-state index contributed by atoms with van der Waals surface area (Å²) in [4.78, 5) is 12.7. The van der Waals surface area contributed by atoms with E-state index >= 15 is 0 Å². The van der Waals surface area contributed by atoms with E-state index in [9.17, 15) is 4.79 Å². The number of carbonyl (C=O) groups excluding carboxylic acids is 1. The molecule has 0 aliphatic carbocycles. The molecule has 9 heteroatoms. The first-order chi connectivity index (χ1) is 13.0. The molecule has 2 heterocycles. The van der Waals surface area contributed by atoms with Crippen LogP contribution >= 0.6 is 23.6 Å². The Morgan fingerprint density at radius 2 is 2.07 bits per heavy atom. The molecule has 0 spiro atoms. The van der Waals surface area contributed by atoms with Crippen molar-refractivity contribution < 1.29 is 4.79 Å². The monoisotopic (exact) mass is 402 g/mol. The highest BCUT2D eigenvalue weighted by atomic mass is 32.1. The summed E-state index contributed by atoms with van der Waals surface area (Å²) in [6.45, 7) is 5.98. The van der Waals surface area contributed by atoms with Gasteiger partial charge in [-0.25, -0.2) is 0 Å². The molecular weight excluding hydrogens is 380 g/mol. The molecule has 0 atom stereocenters. The van der Waals surface area contributed by atoms with Crippen molar-refractivity contribution in [3.05, 3.63) is 29.6 Å². The van der Waals surface area contributed by atoms with Crippen LogP contribution in [0, 0.1) is 13.8 Å². The molecule has 3 aromatic rings. The molecule has 7 nitrogen and oxygen atoms in total. The Kier molecular flexibility index (Phi) is 6.12. The summed E-state index contributed by atoms with van der Waals surface area (Å²) in [6.07, 6.45) is 3.49. The molecule has 2 N–H and O–H groups in total. The molecule has 0 unspecified atom stereocenters. The van der Waals surface area contributed by atoms with E-state index in [1.807, 2.05) is 32.0 Å². The molecular formula is C18H22N6OS2. The number of nitrogens with zero attached hydrogens (tertiary/aromatic N) is 4. The van der Waals surface area contributed by atoms with Crippen LogP contribution in [0.3, 0.4) is 0 Å². The van der Waals surface area contributed by atoms with Crippen molar-refractivity contribution in [2.24, 2.45) is 0 Å². The van der Waals surface area contributed by atoms with Crippen LogP contribution in [0.25, 0.3) is 15.5 Å². The van der Waals surface area contributed by atoms with Crippen LogP contribution < -0.4 is 10.6 Å². The first-order valence-electron chi connectivity index (χ1n) is 8.89. The van der Waals surface area contributed by atoms with E-state index in [0.717, 1.165) is 51.9 Å². The number of carbonyl (C=O) groups is 1. The van der Waals surface area contributed by atoms with Crippen molar-refractivity contribution in [2.75, 3.05) is 5.32 Å². The van der Waals surface area contributed by atoms with Gasteiger partial charge in [0.1, 0.15) is 5.01 Å². The van der Waals surface area contributed by atoms with Gasteiger partial charge in [-0.05, 0) is 44.1 Å². The van der Waals surface area contributed by atoms with Gasteiger partial charge in [-0.15, -0.1) is 10.2 Å². The normalized spacial score (nSPS) is 10.9. The number of aromatic nitrogens is 4. The lowest BCUT2D eigenvalue weighted by atomic mass is 10.1. The van der Waals surface area contributed by atoms with Crippen LogP contribution in [-0.2, 0) is 4.79 Å². The number of hydrogen-bond acceptors (Lipinski definition) is 6. The van der Waals surface area contributed by atoms with Gasteiger partial charge in [-0.3, -0.25) is 4.79 Å².